The van der Waals surface area contributed by atoms with Crippen molar-refractivity contribution in [3.63, 3.8) is 0 Å². The second kappa shape index (κ2) is 5.88. The molecule has 4 heteroatoms. The van der Waals surface area contributed by atoms with Crippen molar-refractivity contribution in [2.75, 3.05) is 13.7 Å². The summed E-state index contributed by atoms with van der Waals surface area (Å²) in [7, 11) is 3.57. The van der Waals surface area contributed by atoms with Crippen LogP contribution in [0.2, 0.25) is 0 Å². The predicted octanol–water partition coefficient (Wildman–Crippen LogP) is 0.996. The maximum absolute atomic E-state index is 9.83. The third-order valence-electron chi connectivity index (χ3n) is 2.71. The first-order valence-electron chi connectivity index (χ1n) is 5.29. The molecule has 1 rings (SSSR count). The summed E-state index contributed by atoms with van der Waals surface area (Å²) >= 11 is 0. The quantitative estimate of drug-likeness (QED) is 0.765. The Kier molecular flexibility index (Phi) is 4.78. The van der Waals surface area contributed by atoms with E-state index in [1.54, 1.807) is 13.3 Å². The summed E-state index contributed by atoms with van der Waals surface area (Å²) in [6, 6.07) is 1.98. The van der Waals surface area contributed by atoms with E-state index in [0.717, 1.165) is 18.5 Å². The molecule has 0 aliphatic rings. The van der Waals surface area contributed by atoms with E-state index in [1.807, 2.05) is 24.7 Å². The lowest BCUT2D eigenvalue weighted by atomic mass is 10.0. The number of nitrogens with zero attached hydrogens (tertiary/aromatic N) is 2. The number of hydrogen-bond donors (Lipinski definition) is 1. The lowest BCUT2D eigenvalue weighted by Crippen LogP contribution is -2.22. The van der Waals surface area contributed by atoms with Crippen molar-refractivity contribution < 1.29 is 9.84 Å². The number of ether oxygens (including phenoxy) is 1. The second-order valence-corrected chi connectivity index (χ2v) is 3.98. The van der Waals surface area contributed by atoms with E-state index in [0.29, 0.717) is 6.61 Å². The Hall–Kier alpha value is -0.870. The first-order chi connectivity index (χ1) is 7.15. The van der Waals surface area contributed by atoms with Crippen LogP contribution in [0.5, 0.6) is 0 Å². The van der Waals surface area contributed by atoms with Crippen molar-refractivity contribution in [2.45, 2.75) is 25.9 Å². The lowest BCUT2D eigenvalue weighted by molar-refractivity contribution is 0.0519. The Morgan fingerprint density at radius 3 is 2.87 bits per heavy atom. The molecule has 86 valence electrons. The van der Waals surface area contributed by atoms with Crippen LogP contribution < -0.4 is 0 Å². The van der Waals surface area contributed by atoms with Crippen molar-refractivity contribution in [1.82, 2.24) is 9.78 Å². The average molecular weight is 212 g/mol. The number of rotatable bonds is 6. The van der Waals surface area contributed by atoms with E-state index in [9.17, 15) is 5.11 Å². The van der Waals surface area contributed by atoms with Gasteiger partial charge in [-0.2, -0.15) is 5.10 Å². The highest BCUT2D eigenvalue weighted by atomic mass is 16.5. The monoisotopic (exact) mass is 212 g/mol. The van der Waals surface area contributed by atoms with Gasteiger partial charge in [-0.15, -0.1) is 0 Å². The predicted molar refractivity (Wildman–Crippen MR) is 58.6 cm³/mol. The van der Waals surface area contributed by atoms with Gasteiger partial charge in [-0.25, -0.2) is 0 Å². The molecule has 1 heterocycles. The zero-order chi connectivity index (χ0) is 11.3. The summed E-state index contributed by atoms with van der Waals surface area (Å²) < 4.78 is 6.85. The van der Waals surface area contributed by atoms with Gasteiger partial charge in [0, 0.05) is 32.0 Å². The highest BCUT2D eigenvalue weighted by molar-refractivity contribution is 5.00. The fourth-order valence-electron chi connectivity index (χ4n) is 1.60. The van der Waals surface area contributed by atoms with Gasteiger partial charge in [0.05, 0.1) is 12.7 Å². The van der Waals surface area contributed by atoms with Crippen LogP contribution >= 0.6 is 0 Å². The van der Waals surface area contributed by atoms with Crippen LogP contribution in [-0.4, -0.2) is 34.7 Å². The first kappa shape index (κ1) is 12.2. The minimum absolute atomic E-state index is 0.184. The van der Waals surface area contributed by atoms with Crippen molar-refractivity contribution in [3.8, 4) is 0 Å². The molecule has 1 N–H and O–H groups in total. The number of methoxy groups -OCH3 is 1. The van der Waals surface area contributed by atoms with Crippen molar-refractivity contribution in [3.05, 3.63) is 18.0 Å². The lowest BCUT2D eigenvalue weighted by Gasteiger charge is -2.17. The van der Waals surface area contributed by atoms with E-state index < -0.39 is 0 Å². The molecule has 4 nitrogen and oxygen atoms in total. The normalized spacial score (nSPS) is 15.2. The molecule has 0 aliphatic heterocycles. The van der Waals surface area contributed by atoms with Crippen LogP contribution in [0.4, 0.5) is 0 Å². The summed E-state index contributed by atoms with van der Waals surface area (Å²) in [5.41, 5.74) is 1.15. The van der Waals surface area contributed by atoms with Gasteiger partial charge in [0.2, 0.25) is 0 Å². The fraction of sp³-hybridized carbons (Fsp3) is 0.727. The zero-order valence-corrected chi connectivity index (χ0v) is 9.68. The number of hydrogen-bond acceptors (Lipinski definition) is 3. The van der Waals surface area contributed by atoms with Crippen LogP contribution in [0, 0.1) is 5.92 Å². The van der Waals surface area contributed by atoms with E-state index >= 15 is 0 Å². The molecule has 1 aromatic heterocycles. The Morgan fingerprint density at radius 1 is 1.60 bits per heavy atom. The second-order valence-electron chi connectivity index (χ2n) is 3.98. The maximum atomic E-state index is 9.83. The minimum atomic E-state index is -0.306. The molecule has 0 radical (unpaired) electrons. The summed E-state index contributed by atoms with van der Waals surface area (Å²) in [4.78, 5) is 0. The number of aromatic nitrogens is 2. The highest BCUT2D eigenvalue weighted by Crippen LogP contribution is 2.11. The van der Waals surface area contributed by atoms with Crippen LogP contribution in [0.25, 0.3) is 0 Å². The Bertz CT molecular complexity index is 286. The Labute approximate surface area is 90.9 Å². The molecular weight excluding hydrogens is 192 g/mol. The molecule has 2 atom stereocenters. The summed E-state index contributed by atoms with van der Waals surface area (Å²) in [5.74, 6) is 0.184. The standard InChI is InChI=1S/C11H20N2O2/c1-9(8-15-3)11(14)5-4-10-6-7-12-13(10)2/h6-7,9,11,14H,4-5,8H2,1-3H3. The van der Waals surface area contributed by atoms with Gasteiger partial charge in [-0.05, 0) is 18.9 Å². The summed E-state index contributed by atoms with van der Waals surface area (Å²) in [5, 5.41) is 13.9. The van der Waals surface area contributed by atoms with Gasteiger partial charge in [0.15, 0.2) is 0 Å². The molecule has 0 aromatic carbocycles. The van der Waals surface area contributed by atoms with E-state index in [1.165, 1.54) is 0 Å². The molecular formula is C11H20N2O2. The van der Waals surface area contributed by atoms with Gasteiger partial charge in [-0.1, -0.05) is 6.92 Å². The Balaban J connectivity index is 2.34. The number of aliphatic hydroxyl groups excluding tert-OH is 1. The number of aryl methyl sites for hydroxylation is 2. The van der Waals surface area contributed by atoms with Crippen LogP contribution in [0.1, 0.15) is 19.0 Å². The first-order valence-corrected chi connectivity index (χ1v) is 5.29. The van der Waals surface area contributed by atoms with Gasteiger partial charge >= 0.3 is 0 Å². The third kappa shape index (κ3) is 3.64. The van der Waals surface area contributed by atoms with Crippen molar-refractivity contribution >= 4 is 0 Å². The minimum Gasteiger partial charge on any atom is -0.393 e. The van der Waals surface area contributed by atoms with Crippen LogP contribution in [-0.2, 0) is 18.2 Å². The van der Waals surface area contributed by atoms with Crippen molar-refractivity contribution in [2.24, 2.45) is 13.0 Å². The number of aliphatic hydroxyl groups is 1. The summed E-state index contributed by atoms with van der Waals surface area (Å²) in [6.07, 6.45) is 3.08. The van der Waals surface area contributed by atoms with Gasteiger partial charge in [-0.3, -0.25) is 4.68 Å². The summed E-state index contributed by atoms with van der Waals surface area (Å²) in [6.45, 7) is 2.60. The molecule has 0 bridgehead atoms. The SMILES string of the molecule is COCC(C)C(O)CCc1ccnn1C. The van der Waals surface area contributed by atoms with Crippen LogP contribution in [0.3, 0.4) is 0 Å². The van der Waals surface area contributed by atoms with E-state index in [-0.39, 0.29) is 12.0 Å². The molecule has 1 aromatic rings. The van der Waals surface area contributed by atoms with E-state index in [2.05, 4.69) is 5.10 Å². The Morgan fingerprint density at radius 2 is 2.33 bits per heavy atom. The molecule has 0 saturated carbocycles. The van der Waals surface area contributed by atoms with Gasteiger partial charge < -0.3 is 9.84 Å². The molecule has 2 unspecified atom stereocenters. The van der Waals surface area contributed by atoms with Gasteiger partial charge in [0.25, 0.3) is 0 Å². The van der Waals surface area contributed by atoms with E-state index in [4.69, 9.17) is 4.74 Å². The van der Waals surface area contributed by atoms with Crippen LogP contribution in [0.15, 0.2) is 12.3 Å². The molecule has 0 aliphatic carbocycles. The highest BCUT2D eigenvalue weighted by Gasteiger charge is 2.14. The van der Waals surface area contributed by atoms with Crippen molar-refractivity contribution in [1.29, 1.82) is 0 Å². The fourth-order valence-corrected chi connectivity index (χ4v) is 1.60. The molecule has 0 fully saturated rings. The molecule has 0 amide bonds. The topological polar surface area (TPSA) is 47.3 Å². The average Bonchev–Trinajstić information content (AvgIpc) is 2.61. The molecule has 0 saturated heterocycles. The largest absolute Gasteiger partial charge is 0.393 e. The molecule has 0 spiro atoms. The van der Waals surface area contributed by atoms with Gasteiger partial charge in [0.1, 0.15) is 0 Å². The zero-order valence-electron chi connectivity index (χ0n) is 9.68. The third-order valence-corrected chi connectivity index (χ3v) is 2.71. The molecule has 15 heavy (non-hydrogen) atoms. The maximum Gasteiger partial charge on any atom is 0.0591 e. The smallest absolute Gasteiger partial charge is 0.0591 e.